The van der Waals surface area contributed by atoms with Crippen molar-refractivity contribution in [1.82, 2.24) is 4.90 Å². The van der Waals surface area contributed by atoms with E-state index in [1.807, 2.05) is 0 Å². The molecular weight excluding hydrogens is 310 g/mol. The number of hydrogen-bond acceptors (Lipinski definition) is 4. The molecule has 1 aromatic carbocycles. The van der Waals surface area contributed by atoms with Gasteiger partial charge in [-0.25, -0.2) is 0 Å². The molecule has 5 heteroatoms. The molecule has 1 aliphatic carbocycles. The molecule has 1 aromatic rings. The Morgan fingerprint density at radius 2 is 1.83 bits per heavy atom. The van der Waals surface area contributed by atoms with Gasteiger partial charge in [-0.05, 0) is 53.8 Å². The minimum atomic E-state index is -0.195. The Labute approximate surface area is 140 Å². The Kier molecular flexibility index (Phi) is 4.48. The summed E-state index contributed by atoms with van der Waals surface area (Å²) in [5, 5.41) is 9.13. The highest BCUT2D eigenvalue weighted by molar-refractivity contribution is 8.18. The molecule has 3 rings (SSSR count). The summed E-state index contributed by atoms with van der Waals surface area (Å²) >= 11 is 1.00. The largest absolute Gasteiger partial charge is 0.508 e. The lowest BCUT2D eigenvalue weighted by atomic mass is 9.75. The average Bonchev–Trinajstić information content (AvgIpc) is 2.78. The quantitative estimate of drug-likeness (QED) is 0.834. The van der Waals surface area contributed by atoms with Crippen LogP contribution in [0.2, 0.25) is 0 Å². The number of carbonyl (C=O) groups excluding carboxylic acids is 2. The van der Waals surface area contributed by atoms with Crippen LogP contribution in [0, 0.1) is 5.41 Å². The van der Waals surface area contributed by atoms with Crippen LogP contribution in [0.3, 0.4) is 0 Å². The van der Waals surface area contributed by atoms with Crippen LogP contribution in [-0.4, -0.2) is 27.7 Å². The van der Waals surface area contributed by atoms with E-state index in [0.29, 0.717) is 11.4 Å². The lowest BCUT2D eigenvalue weighted by Crippen LogP contribution is -2.39. The van der Waals surface area contributed by atoms with Gasteiger partial charge >= 0.3 is 0 Å². The van der Waals surface area contributed by atoms with Gasteiger partial charge in [0.2, 0.25) is 0 Å². The average molecular weight is 331 g/mol. The van der Waals surface area contributed by atoms with E-state index in [0.717, 1.165) is 30.2 Å². The third-order valence-corrected chi connectivity index (χ3v) is 5.57. The number of aromatic hydroxyl groups is 1. The number of carbonyl (C=O) groups is 2. The van der Waals surface area contributed by atoms with Gasteiger partial charge in [0.15, 0.2) is 0 Å². The number of nitrogens with zero attached hydrogens (tertiary/aromatic N) is 1. The van der Waals surface area contributed by atoms with Crippen molar-refractivity contribution in [2.45, 2.75) is 39.0 Å². The second-order valence-corrected chi connectivity index (χ2v) is 7.72. The number of imide groups is 1. The van der Waals surface area contributed by atoms with Gasteiger partial charge < -0.3 is 5.11 Å². The molecule has 2 fully saturated rings. The van der Waals surface area contributed by atoms with Crippen molar-refractivity contribution in [1.29, 1.82) is 0 Å². The van der Waals surface area contributed by atoms with Crippen molar-refractivity contribution in [3.05, 3.63) is 34.7 Å². The first kappa shape index (κ1) is 16.1. The molecule has 122 valence electrons. The van der Waals surface area contributed by atoms with E-state index in [-0.39, 0.29) is 22.3 Å². The SMILES string of the molecule is CC1(CN2C(=O)S/C(=C\c3ccc(O)cc3)C2=O)CCCCC1. The molecule has 0 atom stereocenters. The maximum atomic E-state index is 12.6. The highest BCUT2D eigenvalue weighted by atomic mass is 32.2. The standard InChI is InChI=1S/C18H21NO3S/c1-18(9-3-2-4-10-18)12-19-16(21)15(23-17(19)22)11-13-5-7-14(20)8-6-13/h5-8,11,20H,2-4,9-10,12H2,1H3/b15-11-. The molecule has 0 aromatic heterocycles. The van der Waals surface area contributed by atoms with Crippen LogP contribution in [0.1, 0.15) is 44.6 Å². The molecule has 0 radical (unpaired) electrons. The lowest BCUT2D eigenvalue weighted by molar-refractivity contribution is -0.124. The molecule has 0 unspecified atom stereocenters. The van der Waals surface area contributed by atoms with Crippen LogP contribution in [0.5, 0.6) is 5.75 Å². The second kappa shape index (κ2) is 6.40. The van der Waals surface area contributed by atoms with E-state index >= 15 is 0 Å². The fourth-order valence-electron chi connectivity index (χ4n) is 3.30. The maximum absolute atomic E-state index is 12.6. The zero-order valence-electron chi connectivity index (χ0n) is 13.2. The van der Waals surface area contributed by atoms with Crippen LogP contribution in [0.15, 0.2) is 29.2 Å². The van der Waals surface area contributed by atoms with E-state index in [4.69, 9.17) is 0 Å². The monoisotopic (exact) mass is 331 g/mol. The number of phenolic OH excluding ortho intramolecular Hbond substituents is 1. The first-order chi connectivity index (χ1) is 11.0. The topological polar surface area (TPSA) is 57.6 Å². The summed E-state index contributed by atoms with van der Waals surface area (Å²) in [6, 6.07) is 6.59. The number of hydrogen-bond donors (Lipinski definition) is 1. The molecule has 1 heterocycles. The lowest BCUT2D eigenvalue weighted by Gasteiger charge is -2.35. The summed E-state index contributed by atoms with van der Waals surface area (Å²) in [5.74, 6) is -0.0136. The van der Waals surface area contributed by atoms with Crippen LogP contribution < -0.4 is 0 Å². The van der Waals surface area contributed by atoms with Crippen LogP contribution in [-0.2, 0) is 4.79 Å². The van der Waals surface area contributed by atoms with Gasteiger partial charge in [-0.3, -0.25) is 14.5 Å². The van der Waals surface area contributed by atoms with Gasteiger partial charge in [-0.2, -0.15) is 0 Å². The molecule has 2 amide bonds. The number of rotatable bonds is 3. The smallest absolute Gasteiger partial charge is 0.293 e. The van der Waals surface area contributed by atoms with Crippen molar-refractivity contribution < 1.29 is 14.7 Å². The van der Waals surface area contributed by atoms with Crippen LogP contribution >= 0.6 is 11.8 Å². The molecule has 1 N–H and O–H groups in total. The first-order valence-electron chi connectivity index (χ1n) is 8.01. The summed E-state index contributed by atoms with van der Waals surface area (Å²) in [7, 11) is 0. The summed E-state index contributed by atoms with van der Waals surface area (Å²) < 4.78 is 0. The Morgan fingerprint density at radius 1 is 1.17 bits per heavy atom. The van der Waals surface area contributed by atoms with E-state index in [1.165, 1.54) is 24.2 Å². The summed E-state index contributed by atoms with van der Waals surface area (Å²) in [5.41, 5.74) is 0.857. The fraction of sp³-hybridized carbons (Fsp3) is 0.444. The summed E-state index contributed by atoms with van der Waals surface area (Å²) in [6.45, 7) is 2.70. The predicted octanol–water partition coefficient (Wildman–Crippen LogP) is 4.40. The molecule has 2 aliphatic rings. The zero-order valence-corrected chi connectivity index (χ0v) is 14.1. The third kappa shape index (κ3) is 3.61. The number of amides is 2. The highest BCUT2D eigenvalue weighted by Crippen LogP contribution is 2.40. The molecule has 23 heavy (non-hydrogen) atoms. The Hall–Kier alpha value is -1.75. The number of thioether (sulfide) groups is 1. The molecule has 1 saturated heterocycles. The second-order valence-electron chi connectivity index (χ2n) is 6.73. The molecular formula is C18H21NO3S. The van der Waals surface area contributed by atoms with E-state index < -0.39 is 0 Å². The van der Waals surface area contributed by atoms with Gasteiger partial charge in [0.05, 0.1) is 4.91 Å². The molecule has 0 spiro atoms. The minimum absolute atomic E-state index is 0.0537. The van der Waals surface area contributed by atoms with Crippen LogP contribution in [0.4, 0.5) is 4.79 Å². The van der Waals surface area contributed by atoms with E-state index in [2.05, 4.69) is 6.92 Å². The Morgan fingerprint density at radius 3 is 2.48 bits per heavy atom. The summed E-state index contributed by atoms with van der Waals surface area (Å²) in [6.07, 6.45) is 7.47. The molecule has 0 bridgehead atoms. The first-order valence-corrected chi connectivity index (χ1v) is 8.83. The van der Waals surface area contributed by atoms with E-state index in [1.54, 1.807) is 30.3 Å². The normalized spacial score (nSPS) is 22.8. The predicted molar refractivity (Wildman–Crippen MR) is 92.0 cm³/mol. The van der Waals surface area contributed by atoms with Crippen LogP contribution in [0.25, 0.3) is 6.08 Å². The van der Waals surface area contributed by atoms with Gasteiger partial charge in [0.25, 0.3) is 11.1 Å². The maximum Gasteiger partial charge on any atom is 0.293 e. The Bertz CT molecular complexity index is 645. The van der Waals surface area contributed by atoms with Crippen molar-refractivity contribution in [3.8, 4) is 5.75 Å². The summed E-state index contributed by atoms with van der Waals surface area (Å²) in [4.78, 5) is 26.7. The number of benzene rings is 1. The van der Waals surface area contributed by atoms with Crippen molar-refractivity contribution in [2.24, 2.45) is 5.41 Å². The van der Waals surface area contributed by atoms with E-state index in [9.17, 15) is 14.7 Å². The Balaban J connectivity index is 1.75. The molecule has 1 saturated carbocycles. The third-order valence-electron chi connectivity index (χ3n) is 4.66. The van der Waals surface area contributed by atoms with Crippen molar-refractivity contribution in [3.63, 3.8) is 0 Å². The van der Waals surface area contributed by atoms with Crippen molar-refractivity contribution in [2.75, 3.05) is 6.54 Å². The van der Waals surface area contributed by atoms with Gasteiger partial charge in [-0.1, -0.05) is 38.3 Å². The highest BCUT2D eigenvalue weighted by Gasteiger charge is 2.40. The fourth-order valence-corrected chi connectivity index (χ4v) is 4.14. The van der Waals surface area contributed by atoms with Gasteiger partial charge in [0.1, 0.15) is 5.75 Å². The van der Waals surface area contributed by atoms with Gasteiger partial charge in [-0.15, -0.1) is 0 Å². The van der Waals surface area contributed by atoms with Gasteiger partial charge in [0, 0.05) is 6.54 Å². The van der Waals surface area contributed by atoms with Crippen molar-refractivity contribution >= 4 is 29.0 Å². The molecule has 1 aliphatic heterocycles. The zero-order chi connectivity index (χ0) is 16.4. The molecule has 4 nitrogen and oxygen atoms in total. The minimum Gasteiger partial charge on any atom is -0.508 e. The number of phenols is 1.